The van der Waals surface area contributed by atoms with Gasteiger partial charge < -0.3 is 20.4 Å². The third-order valence-electron chi connectivity index (χ3n) is 10.6. The van der Waals surface area contributed by atoms with Crippen molar-refractivity contribution in [2.45, 2.75) is 27.7 Å². The maximum absolute atomic E-state index is 14.4. The molecule has 0 fully saturated rings. The highest BCUT2D eigenvalue weighted by Gasteiger charge is 2.41. The molecule has 274 valence electrons. The lowest BCUT2D eigenvalue weighted by atomic mass is 9.75. The topological polar surface area (TPSA) is 217 Å². The molecule has 0 aliphatic heterocycles. The van der Waals surface area contributed by atoms with Gasteiger partial charge in [-0.15, -0.1) is 0 Å². The summed E-state index contributed by atoms with van der Waals surface area (Å²) in [5.74, 6) is -8.85. The number of ketones is 8. The maximum Gasteiger partial charge on any atom is 0.198 e. The summed E-state index contributed by atoms with van der Waals surface area (Å²) in [6.07, 6.45) is 5.70. The van der Waals surface area contributed by atoms with E-state index in [-0.39, 0.29) is 77.9 Å². The van der Waals surface area contributed by atoms with Gasteiger partial charge >= 0.3 is 0 Å². The Bertz CT molecular complexity index is 2710. The first-order valence-corrected chi connectivity index (χ1v) is 17.1. The number of carbonyl (C=O) groups excluding carboxylic acids is 8. The SMILES string of the molecule is Cc1cc2c(c(O)c1-c1c(C)cc(O)c3c1C(=O)C=CC3=O)C(=O)C(C1=CC(=O)c3cc(C)c(-c4c(C)cc(O)c5c4C(=O)C=CC5=O)c(O)c3C1=O)=CC2=O. The van der Waals surface area contributed by atoms with Crippen LogP contribution in [0.25, 0.3) is 22.3 Å². The maximum atomic E-state index is 14.4. The summed E-state index contributed by atoms with van der Waals surface area (Å²) in [6, 6.07) is 5.07. The Morgan fingerprint density at radius 1 is 0.339 bits per heavy atom. The van der Waals surface area contributed by atoms with Crippen molar-refractivity contribution in [1.29, 1.82) is 0 Å². The van der Waals surface area contributed by atoms with Crippen LogP contribution in [0.2, 0.25) is 0 Å². The summed E-state index contributed by atoms with van der Waals surface area (Å²) in [5.41, 5.74) is -2.97. The fourth-order valence-corrected chi connectivity index (χ4v) is 8.17. The number of hydrogen-bond acceptors (Lipinski definition) is 12. The van der Waals surface area contributed by atoms with Crippen molar-refractivity contribution in [3.63, 3.8) is 0 Å². The first-order chi connectivity index (χ1) is 26.4. The first kappa shape index (κ1) is 35.4. The van der Waals surface area contributed by atoms with Gasteiger partial charge in [-0.05, 0) is 111 Å². The van der Waals surface area contributed by atoms with E-state index < -0.39 is 91.5 Å². The van der Waals surface area contributed by atoms with Crippen LogP contribution in [0.1, 0.15) is 105 Å². The molecule has 0 saturated carbocycles. The summed E-state index contributed by atoms with van der Waals surface area (Å²) < 4.78 is 0. The van der Waals surface area contributed by atoms with E-state index in [0.717, 1.165) is 36.5 Å². The predicted molar refractivity (Wildman–Crippen MR) is 198 cm³/mol. The van der Waals surface area contributed by atoms with Crippen LogP contribution in [-0.4, -0.2) is 66.7 Å². The molecule has 8 rings (SSSR count). The quantitative estimate of drug-likeness (QED) is 0.183. The minimum atomic E-state index is -1.05. The smallest absolute Gasteiger partial charge is 0.198 e. The third kappa shape index (κ3) is 4.72. The highest BCUT2D eigenvalue weighted by atomic mass is 16.3. The lowest BCUT2D eigenvalue weighted by molar-refractivity contribution is 0.0959. The van der Waals surface area contributed by atoms with Gasteiger partial charge in [-0.3, -0.25) is 38.4 Å². The molecule has 0 atom stereocenters. The summed E-state index contributed by atoms with van der Waals surface area (Å²) in [6.45, 7) is 6.04. The lowest BCUT2D eigenvalue weighted by Crippen LogP contribution is -2.26. The van der Waals surface area contributed by atoms with E-state index in [2.05, 4.69) is 0 Å². The van der Waals surface area contributed by atoms with Gasteiger partial charge in [0.2, 0.25) is 0 Å². The fraction of sp³-hybridized carbons (Fsp3) is 0.0909. The monoisotopic (exact) mass is 746 g/mol. The van der Waals surface area contributed by atoms with Crippen LogP contribution in [0.15, 0.2) is 71.9 Å². The van der Waals surface area contributed by atoms with Gasteiger partial charge in [0.15, 0.2) is 46.3 Å². The Hall–Kier alpha value is -7.60. The Kier molecular flexibility index (Phi) is 7.56. The molecule has 4 aliphatic carbocycles. The van der Waals surface area contributed by atoms with Crippen LogP contribution in [0.5, 0.6) is 23.0 Å². The van der Waals surface area contributed by atoms with Crippen molar-refractivity contribution in [3.05, 3.63) is 139 Å². The second kappa shape index (κ2) is 12.0. The molecule has 0 amide bonds. The van der Waals surface area contributed by atoms with Crippen molar-refractivity contribution in [1.82, 2.24) is 0 Å². The molecule has 56 heavy (non-hydrogen) atoms. The number of carbonyl (C=O) groups is 8. The molecule has 0 bridgehead atoms. The molecule has 0 heterocycles. The third-order valence-corrected chi connectivity index (χ3v) is 10.6. The number of aryl methyl sites for hydroxylation is 4. The highest BCUT2D eigenvalue weighted by molar-refractivity contribution is 6.37. The normalized spacial score (nSPS) is 15.8. The van der Waals surface area contributed by atoms with E-state index in [1.165, 1.54) is 52.0 Å². The number of allylic oxidation sites excluding steroid dienone is 8. The molecule has 0 radical (unpaired) electrons. The first-order valence-electron chi connectivity index (χ1n) is 17.1. The Labute approximate surface area is 316 Å². The van der Waals surface area contributed by atoms with Crippen molar-refractivity contribution >= 4 is 46.3 Å². The molecular weight excluding hydrogens is 720 g/mol. The van der Waals surface area contributed by atoms with Gasteiger partial charge in [-0.1, -0.05) is 0 Å². The summed E-state index contributed by atoms with van der Waals surface area (Å²) in [7, 11) is 0. The average molecular weight is 747 g/mol. The molecule has 4 aromatic carbocycles. The van der Waals surface area contributed by atoms with Gasteiger partial charge in [-0.2, -0.15) is 0 Å². The number of aromatic hydroxyl groups is 4. The van der Waals surface area contributed by atoms with Crippen LogP contribution in [-0.2, 0) is 0 Å². The van der Waals surface area contributed by atoms with E-state index in [1.807, 2.05) is 0 Å². The fourth-order valence-electron chi connectivity index (χ4n) is 8.17. The van der Waals surface area contributed by atoms with E-state index in [1.54, 1.807) is 0 Å². The molecule has 4 aliphatic rings. The van der Waals surface area contributed by atoms with Gasteiger partial charge in [0.1, 0.15) is 23.0 Å². The number of fused-ring (bicyclic) bond motifs is 4. The molecule has 0 aromatic heterocycles. The molecule has 4 N–H and O–H groups in total. The Morgan fingerprint density at radius 2 is 0.643 bits per heavy atom. The highest BCUT2D eigenvalue weighted by Crippen LogP contribution is 2.49. The summed E-state index contributed by atoms with van der Waals surface area (Å²) >= 11 is 0. The van der Waals surface area contributed by atoms with Crippen LogP contribution in [0.4, 0.5) is 0 Å². The average Bonchev–Trinajstić information content (AvgIpc) is 3.12. The minimum Gasteiger partial charge on any atom is -0.507 e. The van der Waals surface area contributed by atoms with Crippen LogP contribution >= 0.6 is 0 Å². The molecular formula is C44H26O12. The van der Waals surface area contributed by atoms with Crippen LogP contribution in [0.3, 0.4) is 0 Å². The van der Waals surface area contributed by atoms with E-state index in [4.69, 9.17) is 0 Å². The van der Waals surface area contributed by atoms with Gasteiger partial charge in [-0.25, -0.2) is 0 Å². The van der Waals surface area contributed by atoms with Crippen molar-refractivity contribution in [2.75, 3.05) is 0 Å². The Balaban J connectivity index is 1.29. The molecule has 0 saturated heterocycles. The van der Waals surface area contributed by atoms with E-state index >= 15 is 0 Å². The molecule has 12 nitrogen and oxygen atoms in total. The minimum absolute atomic E-state index is 0.0296. The number of rotatable bonds is 3. The van der Waals surface area contributed by atoms with Gasteiger partial charge in [0.25, 0.3) is 0 Å². The van der Waals surface area contributed by atoms with Crippen molar-refractivity contribution in [3.8, 4) is 45.3 Å². The number of Topliss-reactive ketones (excluding diaryl/α,β-unsaturated/α-hetero) is 2. The van der Waals surface area contributed by atoms with Crippen molar-refractivity contribution < 1.29 is 58.8 Å². The molecule has 12 heteroatoms. The van der Waals surface area contributed by atoms with Crippen LogP contribution < -0.4 is 0 Å². The second-order valence-corrected chi connectivity index (χ2v) is 14.0. The summed E-state index contributed by atoms with van der Waals surface area (Å²) in [4.78, 5) is 108. The Morgan fingerprint density at radius 3 is 0.982 bits per heavy atom. The lowest BCUT2D eigenvalue weighted by Gasteiger charge is -2.26. The zero-order valence-electron chi connectivity index (χ0n) is 29.8. The van der Waals surface area contributed by atoms with Gasteiger partial charge in [0.05, 0.1) is 22.3 Å². The molecule has 0 spiro atoms. The number of phenolic OH excluding ortho intramolecular Hbond substituents is 4. The number of phenols is 4. The largest absolute Gasteiger partial charge is 0.507 e. The van der Waals surface area contributed by atoms with Crippen LogP contribution in [0, 0.1) is 27.7 Å². The zero-order valence-corrected chi connectivity index (χ0v) is 29.8. The zero-order chi connectivity index (χ0) is 40.4. The van der Waals surface area contributed by atoms with E-state index in [0.29, 0.717) is 0 Å². The second-order valence-electron chi connectivity index (χ2n) is 14.0. The molecule has 4 aromatic rings. The standard InChI is InChI=1S/C44H26O12/c1-15-9-21-27(49)13-19(41(53)35(21)43(55)33(15)31-17(3)11-29(51)37-23(45)5-7-25(47)39(31)37)20-14-28(50)22-10-16(2)34(44(56)36(22)42(20)54)32-18(4)12-30(52)38-24(46)6-8-26(48)40(32)38/h5-14,51-52,55-56H,1-4H3. The summed E-state index contributed by atoms with van der Waals surface area (Å²) in [5, 5.41) is 44.9. The number of hydrogen-bond donors (Lipinski definition) is 4. The van der Waals surface area contributed by atoms with E-state index in [9.17, 15) is 58.8 Å². The molecule has 0 unspecified atom stereocenters. The number of benzene rings is 4. The predicted octanol–water partition coefficient (Wildman–Crippen LogP) is 6.26. The van der Waals surface area contributed by atoms with Crippen molar-refractivity contribution in [2.24, 2.45) is 0 Å². The van der Waals surface area contributed by atoms with Gasteiger partial charge in [0, 0.05) is 55.7 Å².